The summed E-state index contributed by atoms with van der Waals surface area (Å²) in [6.45, 7) is 3.51. The van der Waals surface area contributed by atoms with Gasteiger partial charge in [0.2, 0.25) is 0 Å². The molecule has 0 fully saturated rings. The van der Waals surface area contributed by atoms with Crippen LogP contribution in [-0.4, -0.2) is 30.6 Å². The summed E-state index contributed by atoms with van der Waals surface area (Å²) >= 11 is 3.33. The number of hydrogen-bond acceptors (Lipinski definition) is 3. The number of benzene rings is 2. The molecule has 0 bridgehead atoms. The van der Waals surface area contributed by atoms with Crippen LogP contribution in [0.2, 0.25) is 0 Å². The zero-order valence-electron chi connectivity index (χ0n) is 13.2. The van der Waals surface area contributed by atoms with E-state index in [0.29, 0.717) is 42.4 Å². The summed E-state index contributed by atoms with van der Waals surface area (Å²) in [6.07, 6.45) is 0. The number of halogens is 2. The molecule has 1 heterocycles. The molecule has 0 atom stereocenters. The van der Waals surface area contributed by atoms with Crippen LogP contribution in [0.5, 0.6) is 11.5 Å². The van der Waals surface area contributed by atoms with Crippen LogP contribution in [0.3, 0.4) is 0 Å². The molecule has 1 amide bonds. The Bertz CT molecular complexity index is 766. The Labute approximate surface area is 148 Å². The standard InChI is InChI=1S/C18H17BrFNO3/c1-2-21(11-13-9-14(19)4-5-15(13)20)18(22)12-3-6-16-17(10-12)24-8-7-23-16/h3-6,9-10H,2,7-8,11H2,1H3. The van der Waals surface area contributed by atoms with E-state index in [4.69, 9.17) is 9.47 Å². The first-order valence-corrected chi connectivity index (χ1v) is 8.50. The number of hydrogen-bond donors (Lipinski definition) is 0. The molecule has 2 aromatic rings. The molecule has 0 radical (unpaired) electrons. The smallest absolute Gasteiger partial charge is 0.254 e. The van der Waals surface area contributed by atoms with Gasteiger partial charge in [-0.1, -0.05) is 15.9 Å². The lowest BCUT2D eigenvalue weighted by atomic mass is 10.1. The Balaban J connectivity index is 1.82. The Hall–Kier alpha value is -2.08. The van der Waals surface area contributed by atoms with Crippen molar-refractivity contribution < 1.29 is 18.7 Å². The molecule has 0 saturated heterocycles. The Morgan fingerprint density at radius 2 is 1.92 bits per heavy atom. The molecule has 0 aliphatic carbocycles. The molecule has 4 nitrogen and oxygen atoms in total. The molecule has 0 N–H and O–H groups in total. The van der Waals surface area contributed by atoms with Crippen molar-refractivity contribution in [2.45, 2.75) is 13.5 Å². The summed E-state index contributed by atoms with van der Waals surface area (Å²) in [5, 5.41) is 0. The molecule has 0 aromatic heterocycles. The highest BCUT2D eigenvalue weighted by atomic mass is 79.9. The van der Waals surface area contributed by atoms with E-state index in [1.807, 2.05) is 6.92 Å². The predicted molar refractivity (Wildman–Crippen MR) is 91.9 cm³/mol. The van der Waals surface area contributed by atoms with Crippen molar-refractivity contribution in [3.05, 3.63) is 57.8 Å². The number of nitrogens with zero attached hydrogens (tertiary/aromatic N) is 1. The average molecular weight is 394 g/mol. The van der Waals surface area contributed by atoms with Gasteiger partial charge in [-0.3, -0.25) is 4.79 Å². The lowest BCUT2D eigenvalue weighted by Crippen LogP contribution is -2.30. The maximum absolute atomic E-state index is 14.0. The maximum atomic E-state index is 14.0. The number of rotatable bonds is 4. The van der Waals surface area contributed by atoms with E-state index >= 15 is 0 Å². The topological polar surface area (TPSA) is 38.8 Å². The number of carbonyl (C=O) groups is 1. The van der Waals surface area contributed by atoms with Crippen LogP contribution >= 0.6 is 15.9 Å². The quantitative estimate of drug-likeness (QED) is 0.787. The fourth-order valence-electron chi connectivity index (χ4n) is 2.56. The fourth-order valence-corrected chi connectivity index (χ4v) is 2.96. The van der Waals surface area contributed by atoms with Crippen LogP contribution in [0.15, 0.2) is 40.9 Å². The molecule has 0 saturated carbocycles. The minimum atomic E-state index is -0.327. The summed E-state index contributed by atoms with van der Waals surface area (Å²) < 4.78 is 25.7. The van der Waals surface area contributed by atoms with E-state index in [-0.39, 0.29) is 18.3 Å². The number of fused-ring (bicyclic) bond motifs is 1. The molecular weight excluding hydrogens is 377 g/mol. The molecule has 3 rings (SSSR count). The molecule has 0 spiro atoms. The first kappa shape index (κ1) is 16.8. The lowest BCUT2D eigenvalue weighted by molar-refractivity contribution is 0.0750. The summed E-state index contributed by atoms with van der Waals surface area (Å²) in [7, 11) is 0. The second kappa shape index (κ2) is 7.21. The van der Waals surface area contributed by atoms with Crippen LogP contribution in [-0.2, 0) is 6.54 Å². The first-order valence-electron chi connectivity index (χ1n) is 7.71. The van der Waals surface area contributed by atoms with Gasteiger partial charge in [-0.05, 0) is 43.3 Å². The Morgan fingerprint density at radius 1 is 1.17 bits per heavy atom. The van der Waals surface area contributed by atoms with Gasteiger partial charge in [0.15, 0.2) is 11.5 Å². The van der Waals surface area contributed by atoms with E-state index in [1.165, 1.54) is 6.07 Å². The summed E-state index contributed by atoms with van der Waals surface area (Å²) in [4.78, 5) is 14.4. The Kier molecular flexibility index (Phi) is 5.04. The lowest BCUT2D eigenvalue weighted by Gasteiger charge is -2.23. The second-order valence-corrected chi connectivity index (χ2v) is 6.33. The van der Waals surface area contributed by atoms with Crippen LogP contribution in [0, 0.1) is 5.82 Å². The van der Waals surface area contributed by atoms with Gasteiger partial charge >= 0.3 is 0 Å². The van der Waals surface area contributed by atoms with Crippen molar-refractivity contribution in [3.63, 3.8) is 0 Å². The van der Waals surface area contributed by atoms with E-state index in [0.717, 1.165) is 4.47 Å². The highest BCUT2D eigenvalue weighted by molar-refractivity contribution is 9.10. The molecule has 126 valence electrons. The van der Waals surface area contributed by atoms with Crippen molar-refractivity contribution in [2.24, 2.45) is 0 Å². The minimum Gasteiger partial charge on any atom is -0.486 e. The maximum Gasteiger partial charge on any atom is 0.254 e. The third kappa shape index (κ3) is 3.53. The highest BCUT2D eigenvalue weighted by Gasteiger charge is 2.20. The van der Waals surface area contributed by atoms with E-state index in [2.05, 4.69) is 15.9 Å². The van der Waals surface area contributed by atoms with Gasteiger partial charge in [0.05, 0.1) is 0 Å². The van der Waals surface area contributed by atoms with E-state index < -0.39 is 0 Å². The normalized spacial score (nSPS) is 12.8. The Morgan fingerprint density at radius 3 is 2.67 bits per heavy atom. The van der Waals surface area contributed by atoms with Gasteiger partial charge in [-0.2, -0.15) is 0 Å². The highest BCUT2D eigenvalue weighted by Crippen LogP contribution is 2.31. The zero-order chi connectivity index (χ0) is 17.1. The van der Waals surface area contributed by atoms with E-state index in [1.54, 1.807) is 35.2 Å². The third-order valence-electron chi connectivity index (χ3n) is 3.83. The summed E-state index contributed by atoms with van der Waals surface area (Å²) in [5.74, 6) is 0.705. The van der Waals surface area contributed by atoms with Crippen molar-refractivity contribution in [3.8, 4) is 11.5 Å². The van der Waals surface area contributed by atoms with Crippen molar-refractivity contribution >= 4 is 21.8 Å². The van der Waals surface area contributed by atoms with Gasteiger partial charge in [-0.25, -0.2) is 4.39 Å². The SMILES string of the molecule is CCN(Cc1cc(Br)ccc1F)C(=O)c1ccc2c(c1)OCCO2. The average Bonchev–Trinajstić information content (AvgIpc) is 2.61. The van der Waals surface area contributed by atoms with Gasteiger partial charge in [0.1, 0.15) is 19.0 Å². The largest absolute Gasteiger partial charge is 0.486 e. The molecular formula is C18H17BrFNO3. The van der Waals surface area contributed by atoms with Gasteiger partial charge in [0.25, 0.3) is 5.91 Å². The molecule has 2 aromatic carbocycles. The van der Waals surface area contributed by atoms with Crippen molar-refractivity contribution in [1.82, 2.24) is 4.90 Å². The van der Waals surface area contributed by atoms with Gasteiger partial charge < -0.3 is 14.4 Å². The second-order valence-electron chi connectivity index (χ2n) is 5.41. The zero-order valence-corrected chi connectivity index (χ0v) is 14.8. The van der Waals surface area contributed by atoms with Gasteiger partial charge in [-0.15, -0.1) is 0 Å². The molecule has 6 heteroatoms. The van der Waals surface area contributed by atoms with Crippen LogP contribution in [0.1, 0.15) is 22.8 Å². The monoisotopic (exact) mass is 393 g/mol. The molecule has 24 heavy (non-hydrogen) atoms. The predicted octanol–water partition coefficient (Wildman–Crippen LogP) is 4.02. The number of carbonyl (C=O) groups excluding carboxylic acids is 1. The molecule has 0 unspecified atom stereocenters. The molecule has 1 aliphatic heterocycles. The fraction of sp³-hybridized carbons (Fsp3) is 0.278. The van der Waals surface area contributed by atoms with Crippen molar-refractivity contribution in [1.29, 1.82) is 0 Å². The van der Waals surface area contributed by atoms with E-state index in [9.17, 15) is 9.18 Å². The summed E-state index contributed by atoms with van der Waals surface area (Å²) in [6, 6.07) is 9.83. The van der Waals surface area contributed by atoms with Crippen LogP contribution < -0.4 is 9.47 Å². The first-order chi connectivity index (χ1) is 11.6. The number of amides is 1. The minimum absolute atomic E-state index is 0.172. The van der Waals surface area contributed by atoms with Crippen molar-refractivity contribution in [2.75, 3.05) is 19.8 Å². The number of ether oxygens (including phenoxy) is 2. The van der Waals surface area contributed by atoms with Crippen LogP contribution in [0.4, 0.5) is 4.39 Å². The third-order valence-corrected chi connectivity index (χ3v) is 4.32. The van der Waals surface area contributed by atoms with Gasteiger partial charge in [0, 0.05) is 28.7 Å². The summed E-state index contributed by atoms with van der Waals surface area (Å²) in [5.41, 5.74) is 0.966. The van der Waals surface area contributed by atoms with Crippen LogP contribution in [0.25, 0.3) is 0 Å². The molecule has 1 aliphatic rings.